The third kappa shape index (κ3) is 2.56. The highest BCUT2D eigenvalue weighted by Gasteiger charge is 2.26. The molecule has 0 fully saturated rings. The molecule has 0 saturated carbocycles. The largest absolute Gasteiger partial charge is 0.497 e. The molecule has 2 heterocycles. The molecule has 21 heavy (non-hydrogen) atoms. The average molecular weight is 299 g/mol. The first kappa shape index (κ1) is 14.1. The Morgan fingerprint density at radius 3 is 2.81 bits per heavy atom. The van der Waals surface area contributed by atoms with E-state index in [-0.39, 0.29) is 5.25 Å². The Bertz CT molecular complexity index is 737. The SMILES string of the molecule is COc1ccc2cc3c(nc2c1)S[C@H](C(C)C)C(C=O)=C3. The maximum absolute atomic E-state index is 11.3. The van der Waals surface area contributed by atoms with Gasteiger partial charge in [0.15, 0.2) is 0 Å². The number of hydrogen-bond acceptors (Lipinski definition) is 4. The third-order valence-electron chi connectivity index (χ3n) is 3.65. The number of pyridine rings is 1. The van der Waals surface area contributed by atoms with Crippen molar-refractivity contribution in [2.75, 3.05) is 7.11 Å². The number of ether oxygens (including phenoxy) is 1. The number of aromatic nitrogens is 1. The van der Waals surface area contributed by atoms with E-state index in [1.54, 1.807) is 18.9 Å². The van der Waals surface area contributed by atoms with Gasteiger partial charge in [-0.2, -0.15) is 0 Å². The molecular formula is C17H17NO2S. The van der Waals surface area contributed by atoms with E-state index < -0.39 is 0 Å². The summed E-state index contributed by atoms with van der Waals surface area (Å²) in [5, 5.41) is 2.21. The zero-order valence-electron chi connectivity index (χ0n) is 12.3. The minimum Gasteiger partial charge on any atom is -0.497 e. The molecule has 0 unspecified atom stereocenters. The second kappa shape index (κ2) is 5.53. The van der Waals surface area contributed by atoms with Gasteiger partial charge >= 0.3 is 0 Å². The summed E-state index contributed by atoms with van der Waals surface area (Å²) in [6, 6.07) is 7.95. The van der Waals surface area contributed by atoms with Crippen LogP contribution in [0.4, 0.5) is 0 Å². The number of rotatable bonds is 3. The molecule has 2 aromatic rings. The Hall–Kier alpha value is -1.81. The van der Waals surface area contributed by atoms with Crippen LogP contribution in [0.15, 0.2) is 34.9 Å². The highest BCUT2D eigenvalue weighted by atomic mass is 32.2. The fourth-order valence-corrected chi connectivity index (χ4v) is 3.72. The molecule has 1 aliphatic heterocycles. The van der Waals surface area contributed by atoms with Gasteiger partial charge in [-0.3, -0.25) is 4.79 Å². The fourth-order valence-electron chi connectivity index (χ4n) is 2.54. The number of thioether (sulfide) groups is 1. The van der Waals surface area contributed by atoms with E-state index in [0.717, 1.165) is 39.1 Å². The molecule has 0 bridgehead atoms. The van der Waals surface area contributed by atoms with Crippen LogP contribution >= 0.6 is 11.8 Å². The molecule has 0 saturated heterocycles. The Labute approximate surface area is 128 Å². The van der Waals surface area contributed by atoms with E-state index >= 15 is 0 Å². The summed E-state index contributed by atoms with van der Waals surface area (Å²) in [6.07, 6.45) is 2.94. The molecule has 0 radical (unpaired) electrons. The lowest BCUT2D eigenvalue weighted by Gasteiger charge is -2.25. The molecule has 1 aromatic carbocycles. The Morgan fingerprint density at radius 1 is 1.33 bits per heavy atom. The molecule has 108 valence electrons. The zero-order chi connectivity index (χ0) is 15.0. The van der Waals surface area contributed by atoms with Gasteiger partial charge in [0.1, 0.15) is 17.1 Å². The topological polar surface area (TPSA) is 39.2 Å². The Balaban J connectivity index is 2.14. The van der Waals surface area contributed by atoms with Crippen LogP contribution < -0.4 is 4.74 Å². The van der Waals surface area contributed by atoms with Crippen molar-refractivity contribution in [1.29, 1.82) is 0 Å². The van der Waals surface area contributed by atoms with Crippen molar-refractivity contribution >= 4 is 35.0 Å². The number of fused-ring (bicyclic) bond motifs is 2. The molecule has 0 spiro atoms. The van der Waals surface area contributed by atoms with Gasteiger partial charge in [0.25, 0.3) is 0 Å². The van der Waals surface area contributed by atoms with E-state index in [9.17, 15) is 4.79 Å². The van der Waals surface area contributed by atoms with Crippen LogP contribution in [0.25, 0.3) is 17.0 Å². The first-order valence-corrected chi connectivity index (χ1v) is 7.82. The van der Waals surface area contributed by atoms with E-state index in [4.69, 9.17) is 9.72 Å². The van der Waals surface area contributed by atoms with E-state index in [2.05, 4.69) is 19.9 Å². The van der Waals surface area contributed by atoms with Gasteiger partial charge in [0.2, 0.25) is 0 Å². The van der Waals surface area contributed by atoms with Crippen molar-refractivity contribution in [2.45, 2.75) is 24.1 Å². The van der Waals surface area contributed by atoms with Crippen LogP contribution in [-0.4, -0.2) is 23.6 Å². The van der Waals surface area contributed by atoms with Gasteiger partial charge in [0.05, 0.1) is 12.6 Å². The predicted molar refractivity (Wildman–Crippen MR) is 86.8 cm³/mol. The predicted octanol–water partition coefficient (Wildman–Crippen LogP) is 3.96. The molecule has 1 aliphatic rings. The maximum atomic E-state index is 11.3. The molecule has 0 aliphatic carbocycles. The van der Waals surface area contributed by atoms with Crippen molar-refractivity contribution in [2.24, 2.45) is 5.92 Å². The van der Waals surface area contributed by atoms with Gasteiger partial charge in [-0.05, 0) is 30.2 Å². The lowest BCUT2D eigenvalue weighted by atomic mass is 10.0. The van der Waals surface area contributed by atoms with Crippen LogP contribution in [0.5, 0.6) is 5.75 Å². The standard InChI is InChI=1S/C17H17NO2S/c1-10(2)16-13(9-19)7-12-6-11-4-5-14(20-3)8-15(11)18-17(12)21-16/h4-10,16H,1-3H3/t16-/m1/s1. The maximum Gasteiger partial charge on any atom is 0.147 e. The minimum atomic E-state index is 0.172. The number of hydrogen-bond donors (Lipinski definition) is 0. The molecule has 3 nitrogen and oxygen atoms in total. The Kier molecular flexibility index (Phi) is 3.72. The lowest BCUT2D eigenvalue weighted by Crippen LogP contribution is -2.18. The molecule has 1 aromatic heterocycles. The number of benzene rings is 1. The van der Waals surface area contributed by atoms with E-state index in [1.165, 1.54) is 0 Å². The van der Waals surface area contributed by atoms with Crippen molar-refractivity contribution in [3.05, 3.63) is 35.4 Å². The van der Waals surface area contributed by atoms with Gasteiger partial charge in [-0.25, -0.2) is 4.98 Å². The summed E-state index contributed by atoms with van der Waals surface area (Å²) in [7, 11) is 1.65. The summed E-state index contributed by atoms with van der Waals surface area (Å²) < 4.78 is 5.26. The van der Waals surface area contributed by atoms with Gasteiger partial charge in [0, 0.05) is 27.8 Å². The highest BCUT2D eigenvalue weighted by Crippen LogP contribution is 2.40. The van der Waals surface area contributed by atoms with Crippen LogP contribution in [-0.2, 0) is 4.79 Å². The quantitative estimate of drug-likeness (QED) is 0.804. The number of carbonyl (C=O) groups is 1. The summed E-state index contributed by atoms with van der Waals surface area (Å²) >= 11 is 1.67. The average Bonchev–Trinajstić information content (AvgIpc) is 2.50. The molecule has 1 atom stereocenters. The fraction of sp³-hybridized carbons (Fsp3) is 0.294. The second-order valence-electron chi connectivity index (χ2n) is 5.49. The Morgan fingerprint density at radius 2 is 2.14 bits per heavy atom. The van der Waals surface area contributed by atoms with E-state index in [1.807, 2.05) is 24.3 Å². The first-order valence-electron chi connectivity index (χ1n) is 6.94. The van der Waals surface area contributed by atoms with Gasteiger partial charge in [-0.1, -0.05) is 25.6 Å². The normalized spacial score (nSPS) is 17.5. The highest BCUT2D eigenvalue weighted by molar-refractivity contribution is 8.00. The van der Waals surface area contributed by atoms with Crippen molar-refractivity contribution in [3.8, 4) is 5.75 Å². The zero-order valence-corrected chi connectivity index (χ0v) is 13.1. The van der Waals surface area contributed by atoms with Gasteiger partial charge in [-0.15, -0.1) is 0 Å². The van der Waals surface area contributed by atoms with Crippen molar-refractivity contribution in [3.63, 3.8) is 0 Å². The smallest absolute Gasteiger partial charge is 0.147 e. The summed E-state index contributed by atoms with van der Waals surface area (Å²) in [6.45, 7) is 4.26. The van der Waals surface area contributed by atoms with Crippen LogP contribution in [0, 0.1) is 5.92 Å². The monoisotopic (exact) mass is 299 g/mol. The minimum absolute atomic E-state index is 0.172. The lowest BCUT2D eigenvalue weighted by molar-refractivity contribution is -0.105. The van der Waals surface area contributed by atoms with E-state index in [0.29, 0.717) is 5.92 Å². The number of carbonyl (C=O) groups excluding carboxylic acids is 1. The van der Waals surface area contributed by atoms with Crippen LogP contribution in [0.3, 0.4) is 0 Å². The summed E-state index contributed by atoms with van der Waals surface area (Å²) in [5.41, 5.74) is 2.79. The first-order chi connectivity index (χ1) is 10.1. The number of methoxy groups -OCH3 is 1. The molecule has 0 amide bonds. The van der Waals surface area contributed by atoms with Gasteiger partial charge < -0.3 is 4.74 Å². The molecule has 3 rings (SSSR count). The van der Waals surface area contributed by atoms with Crippen LogP contribution in [0.2, 0.25) is 0 Å². The second-order valence-corrected chi connectivity index (χ2v) is 6.62. The molecule has 4 heteroatoms. The number of aldehydes is 1. The molecule has 0 N–H and O–H groups in total. The van der Waals surface area contributed by atoms with Crippen molar-refractivity contribution < 1.29 is 9.53 Å². The third-order valence-corrected chi connectivity index (χ3v) is 5.27. The van der Waals surface area contributed by atoms with Crippen molar-refractivity contribution in [1.82, 2.24) is 4.98 Å². The number of nitrogens with zero attached hydrogens (tertiary/aromatic N) is 1. The molecular weight excluding hydrogens is 282 g/mol. The van der Waals surface area contributed by atoms with Crippen LogP contribution in [0.1, 0.15) is 19.4 Å². The summed E-state index contributed by atoms with van der Waals surface area (Å²) in [5.74, 6) is 1.20. The summed E-state index contributed by atoms with van der Waals surface area (Å²) in [4.78, 5) is 16.1.